The van der Waals surface area contributed by atoms with Crippen LogP contribution < -0.4 is 0 Å². The molecule has 1 saturated carbocycles. The van der Waals surface area contributed by atoms with Crippen molar-refractivity contribution in [2.24, 2.45) is 5.92 Å². The zero-order valence-corrected chi connectivity index (χ0v) is 26.7. The van der Waals surface area contributed by atoms with E-state index in [0.717, 1.165) is 58.0 Å². The minimum absolute atomic E-state index is 0.0588. The van der Waals surface area contributed by atoms with E-state index in [-0.39, 0.29) is 41.4 Å². The standard InChI is InChI=1S/C36H58O5/c1-6-7-8-9-10-11-12-13-14-15-16-17-18-19-20-21-22-23-32(37)40-30-26-27-36(28-39-36)34(33(30)38-5)35(4)31(41-35)25-24-29(2)3/h11-12,15-16,21-22,24,30-31,33-34H,6-10,13-14,17-20,23,25-28H2,1-5H3/b12-11+,16-15-,22-21+/t30-,31-,33-,34-,35+,36+/m1/s1. The molecule has 41 heavy (non-hydrogen) atoms. The minimum Gasteiger partial charge on any atom is -0.459 e. The maximum absolute atomic E-state index is 12.7. The van der Waals surface area contributed by atoms with Gasteiger partial charge in [-0.3, -0.25) is 4.79 Å². The number of esters is 1. The summed E-state index contributed by atoms with van der Waals surface area (Å²) in [5.74, 6) is -0.121. The first-order chi connectivity index (χ1) is 19.9. The highest BCUT2D eigenvalue weighted by molar-refractivity contribution is 5.71. The smallest absolute Gasteiger partial charge is 0.309 e. The summed E-state index contributed by atoms with van der Waals surface area (Å²) in [6.45, 7) is 9.40. The largest absolute Gasteiger partial charge is 0.459 e. The first kappa shape index (κ1) is 33.8. The quantitative estimate of drug-likeness (QED) is 0.0633. The molecule has 3 fully saturated rings. The summed E-state index contributed by atoms with van der Waals surface area (Å²) in [5, 5.41) is 0. The first-order valence-corrected chi connectivity index (χ1v) is 16.5. The van der Waals surface area contributed by atoms with Gasteiger partial charge in [0.1, 0.15) is 23.4 Å². The van der Waals surface area contributed by atoms with Gasteiger partial charge in [0, 0.05) is 7.11 Å². The van der Waals surface area contributed by atoms with Gasteiger partial charge in [0.25, 0.3) is 0 Å². The number of ether oxygens (including phenoxy) is 4. The molecular formula is C36H58O5. The second-order valence-electron chi connectivity index (χ2n) is 12.7. The molecule has 0 bridgehead atoms. The summed E-state index contributed by atoms with van der Waals surface area (Å²) in [6.07, 6.45) is 31.4. The molecule has 1 aliphatic carbocycles. The van der Waals surface area contributed by atoms with Crippen molar-refractivity contribution in [3.8, 4) is 0 Å². The summed E-state index contributed by atoms with van der Waals surface area (Å²) in [7, 11) is 1.72. The number of unbranched alkanes of at least 4 members (excludes halogenated alkanes) is 8. The lowest BCUT2D eigenvalue weighted by molar-refractivity contribution is -0.171. The Balaban J connectivity index is 1.29. The van der Waals surface area contributed by atoms with Crippen LogP contribution in [0.15, 0.2) is 48.1 Å². The van der Waals surface area contributed by atoms with E-state index in [0.29, 0.717) is 6.42 Å². The molecule has 6 atom stereocenters. The van der Waals surface area contributed by atoms with Gasteiger partial charge in [-0.25, -0.2) is 0 Å². The van der Waals surface area contributed by atoms with E-state index in [4.69, 9.17) is 18.9 Å². The third kappa shape index (κ3) is 10.8. The fourth-order valence-electron chi connectivity index (χ4n) is 6.46. The summed E-state index contributed by atoms with van der Waals surface area (Å²) in [6, 6.07) is 0. The lowest BCUT2D eigenvalue weighted by atomic mass is 9.68. The zero-order valence-electron chi connectivity index (χ0n) is 26.7. The van der Waals surface area contributed by atoms with Crippen LogP contribution in [0.25, 0.3) is 0 Å². The number of allylic oxidation sites excluding steroid dienone is 6. The van der Waals surface area contributed by atoms with Crippen molar-refractivity contribution in [3.63, 3.8) is 0 Å². The van der Waals surface area contributed by atoms with Gasteiger partial charge >= 0.3 is 5.97 Å². The normalized spacial score (nSPS) is 31.0. The number of carbonyl (C=O) groups excluding carboxylic acids is 1. The number of epoxide rings is 2. The van der Waals surface area contributed by atoms with Gasteiger partial charge in [-0.2, -0.15) is 0 Å². The van der Waals surface area contributed by atoms with Gasteiger partial charge in [-0.1, -0.05) is 74.3 Å². The van der Waals surface area contributed by atoms with Crippen LogP contribution in [-0.4, -0.2) is 49.2 Å². The molecule has 3 rings (SSSR count). The molecule has 0 unspecified atom stereocenters. The van der Waals surface area contributed by atoms with Crippen molar-refractivity contribution >= 4 is 5.97 Å². The average molecular weight is 571 g/mol. The SMILES string of the molecule is CCCCCC/C=C/CC/C=C\CCCC/C=C/CC(=O)O[C@@H]1CC[C@]2(CO2)[C@@H]([C@@]2(C)O[C@@H]2CC=C(C)C)[C@@H]1OC. The van der Waals surface area contributed by atoms with Crippen LogP contribution in [0.3, 0.4) is 0 Å². The van der Waals surface area contributed by atoms with Crippen molar-refractivity contribution in [2.75, 3.05) is 13.7 Å². The Bertz CT molecular complexity index is 894. The third-order valence-corrected chi connectivity index (χ3v) is 9.02. The van der Waals surface area contributed by atoms with Crippen LogP contribution in [0, 0.1) is 5.92 Å². The van der Waals surface area contributed by atoms with Crippen LogP contribution in [-0.2, 0) is 23.7 Å². The highest BCUT2D eigenvalue weighted by Crippen LogP contribution is 2.59. The topological polar surface area (TPSA) is 60.6 Å². The molecule has 3 aliphatic rings. The lowest BCUT2D eigenvalue weighted by Crippen LogP contribution is -2.55. The summed E-state index contributed by atoms with van der Waals surface area (Å²) >= 11 is 0. The van der Waals surface area contributed by atoms with Crippen molar-refractivity contribution < 1.29 is 23.7 Å². The van der Waals surface area contributed by atoms with Gasteiger partial charge in [0.05, 0.1) is 25.0 Å². The Morgan fingerprint density at radius 1 is 0.902 bits per heavy atom. The molecule has 2 heterocycles. The second-order valence-corrected chi connectivity index (χ2v) is 12.7. The van der Waals surface area contributed by atoms with Crippen LogP contribution >= 0.6 is 0 Å². The van der Waals surface area contributed by atoms with E-state index in [9.17, 15) is 4.79 Å². The van der Waals surface area contributed by atoms with Crippen molar-refractivity contribution in [1.29, 1.82) is 0 Å². The highest BCUT2D eigenvalue weighted by Gasteiger charge is 2.72. The lowest BCUT2D eigenvalue weighted by Gasteiger charge is -2.42. The van der Waals surface area contributed by atoms with Crippen LogP contribution in [0.2, 0.25) is 0 Å². The molecule has 5 nitrogen and oxygen atoms in total. The predicted octanol–water partition coefficient (Wildman–Crippen LogP) is 8.98. The Morgan fingerprint density at radius 2 is 1.51 bits per heavy atom. The summed E-state index contributed by atoms with van der Waals surface area (Å²) < 4.78 is 24.2. The van der Waals surface area contributed by atoms with Crippen molar-refractivity contribution in [2.45, 2.75) is 154 Å². The molecule has 0 aromatic rings. The summed E-state index contributed by atoms with van der Waals surface area (Å²) in [4.78, 5) is 12.7. The van der Waals surface area contributed by atoms with Crippen molar-refractivity contribution in [1.82, 2.24) is 0 Å². The molecule has 0 N–H and O–H groups in total. The molecule has 1 spiro atoms. The fourth-order valence-corrected chi connectivity index (χ4v) is 6.46. The van der Waals surface area contributed by atoms with Crippen LogP contribution in [0.1, 0.15) is 124 Å². The molecule has 0 radical (unpaired) electrons. The monoisotopic (exact) mass is 570 g/mol. The molecular weight excluding hydrogens is 512 g/mol. The van der Waals surface area contributed by atoms with E-state index in [1.54, 1.807) is 7.11 Å². The van der Waals surface area contributed by atoms with E-state index >= 15 is 0 Å². The molecule has 5 heteroatoms. The Hall–Kier alpha value is -1.69. The molecule has 232 valence electrons. The third-order valence-electron chi connectivity index (χ3n) is 9.02. The molecule has 0 amide bonds. The van der Waals surface area contributed by atoms with Gasteiger partial charge < -0.3 is 18.9 Å². The number of hydrogen-bond donors (Lipinski definition) is 0. The molecule has 2 saturated heterocycles. The Morgan fingerprint density at radius 3 is 2.10 bits per heavy atom. The van der Waals surface area contributed by atoms with Gasteiger partial charge in [0.2, 0.25) is 0 Å². The van der Waals surface area contributed by atoms with Crippen LogP contribution in [0.4, 0.5) is 0 Å². The van der Waals surface area contributed by atoms with Gasteiger partial charge in [-0.15, -0.1) is 0 Å². The first-order valence-electron chi connectivity index (χ1n) is 16.5. The number of rotatable bonds is 20. The number of methoxy groups -OCH3 is 1. The second kappa shape index (κ2) is 17.4. The molecule has 0 aromatic heterocycles. The molecule has 2 aliphatic heterocycles. The van der Waals surface area contributed by atoms with Crippen molar-refractivity contribution in [3.05, 3.63) is 48.1 Å². The Kier molecular flexibility index (Phi) is 14.4. The highest BCUT2D eigenvalue weighted by atomic mass is 16.6. The van der Waals surface area contributed by atoms with E-state index in [2.05, 4.69) is 64.2 Å². The maximum atomic E-state index is 12.7. The minimum atomic E-state index is -0.312. The predicted molar refractivity (Wildman–Crippen MR) is 168 cm³/mol. The Labute approximate surface area is 250 Å². The van der Waals surface area contributed by atoms with E-state index in [1.807, 2.05) is 6.08 Å². The summed E-state index contributed by atoms with van der Waals surface area (Å²) in [5.41, 5.74) is 0.789. The number of carbonyl (C=O) groups is 1. The van der Waals surface area contributed by atoms with E-state index < -0.39 is 0 Å². The zero-order chi connectivity index (χ0) is 29.6. The van der Waals surface area contributed by atoms with Crippen LogP contribution in [0.5, 0.6) is 0 Å². The number of hydrogen-bond acceptors (Lipinski definition) is 5. The van der Waals surface area contributed by atoms with Gasteiger partial charge in [0.15, 0.2) is 0 Å². The van der Waals surface area contributed by atoms with E-state index in [1.165, 1.54) is 44.1 Å². The van der Waals surface area contributed by atoms with Gasteiger partial charge in [-0.05, 0) is 91.4 Å². The molecule has 0 aromatic carbocycles. The fraction of sp³-hybridized carbons (Fsp3) is 0.750. The average Bonchev–Trinajstić information content (AvgIpc) is 3.87. The maximum Gasteiger partial charge on any atom is 0.309 e.